The molecule has 3 aliphatic rings. The van der Waals surface area contributed by atoms with Crippen LogP contribution in [0, 0.1) is 40.4 Å². The topological polar surface area (TPSA) is 0 Å². The van der Waals surface area contributed by atoms with Crippen molar-refractivity contribution >= 4 is 0 Å². The molecule has 0 aromatic heterocycles. The maximum absolute atomic E-state index is 2.52. The normalized spacial score (nSPS) is 53.5. The van der Waals surface area contributed by atoms with Gasteiger partial charge in [0, 0.05) is 0 Å². The van der Waals surface area contributed by atoms with Gasteiger partial charge in [0.05, 0.1) is 0 Å². The highest BCUT2D eigenvalue weighted by Gasteiger charge is 2.64. The van der Waals surface area contributed by atoms with Gasteiger partial charge in [-0.25, -0.2) is 0 Å². The summed E-state index contributed by atoms with van der Waals surface area (Å²) in [5.74, 6) is 4.63. The minimum atomic E-state index is 0.505. The average Bonchev–Trinajstić information content (AvgIpc) is 2.76. The minimum Gasteiger partial charge on any atom is -0.0848 e. The molecule has 2 saturated carbocycles. The first kappa shape index (κ1) is 9.93. The van der Waals surface area contributed by atoms with Crippen LogP contribution in [0.4, 0.5) is 0 Å². The Hall–Kier alpha value is -0.260. The first-order valence-corrected chi connectivity index (χ1v) is 6.55. The molecule has 15 heavy (non-hydrogen) atoms. The molecule has 0 saturated heterocycles. The van der Waals surface area contributed by atoms with Crippen LogP contribution in [0.5, 0.6) is 0 Å². The summed E-state index contributed by atoms with van der Waals surface area (Å²) in [5.41, 5.74) is 1.02. The lowest BCUT2D eigenvalue weighted by Crippen LogP contribution is -2.35. The van der Waals surface area contributed by atoms with Crippen molar-refractivity contribution in [2.75, 3.05) is 0 Å². The highest BCUT2D eigenvalue weighted by Crippen LogP contribution is 2.70. The van der Waals surface area contributed by atoms with Crippen LogP contribution in [0.2, 0.25) is 0 Å². The lowest BCUT2D eigenvalue weighted by molar-refractivity contribution is 0.0685. The summed E-state index contributed by atoms with van der Waals surface area (Å²) in [7, 11) is 0. The zero-order valence-electron chi connectivity index (χ0n) is 10.7. The summed E-state index contributed by atoms with van der Waals surface area (Å²) >= 11 is 0. The summed E-state index contributed by atoms with van der Waals surface area (Å²) in [6, 6.07) is 0. The molecule has 0 heterocycles. The zero-order chi connectivity index (χ0) is 11.0. The van der Waals surface area contributed by atoms with Gasteiger partial charge in [-0.2, -0.15) is 0 Å². The van der Waals surface area contributed by atoms with Crippen molar-refractivity contribution in [1.29, 1.82) is 0 Å². The van der Waals surface area contributed by atoms with Gasteiger partial charge in [-0.05, 0) is 46.8 Å². The third-order valence-corrected chi connectivity index (χ3v) is 6.73. The van der Waals surface area contributed by atoms with Crippen LogP contribution >= 0.6 is 0 Å². The third kappa shape index (κ3) is 0.905. The second kappa shape index (κ2) is 2.52. The van der Waals surface area contributed by atoms with Gasteiger partial charge < -0.3 is 0 Å². The molecule has 84 valence electrons. The van der Waals surface area contributed by atoms with Gasteiger partial charge in [-0.15, -0.1) is 0 Å². The molecule has 2 bridgehead atoms. The van der Waals surface area contributed by atoms with Gasteiger partial charge in [0.2, 0.25) is 0 Å². The average molecular weight is 204 g/mol. The molecular formula is C15H24. The van der Waals surface area contributed by atoms with Crippen molar-refractivity contribution in [3.63, 3.8) is 0 Å². The van der Waals surface area contributed by atoms with E-state index in [2.05, 4.69) is 46.8 Å². The van der Waals surface area contributed by atoms with Gasteiger partial charge in [0.25, 0.3) is 0 Å². The molecule has 0 spiro atoms. The minimum absolute atomic E-state index is 0.505. The largest absolute Gasteiger partial charge is 0.0848 e. The fourth-order valence-electron chi connectivity index (χ4n) is 5.06. The highest BCUT2D eigenvalue weighted by atomic mass is 14.7. The van der Waals surface area contributed by atoms with E-state index in [-0.39, 0.29) is 0 Å². The van der Waals surface area contributed by atoms with Crippen LogP contribution < -0.4 is 0 Å². The molecule has 0 aromatic carbocycles. The molecule has 3 rings (SSSR count). The number of fused-ring (bicyclic) bond motifs is 5. The fourth-order valence-corrected chi connectivity index (χ4v) is 5.06. The molecule has 0 N–H and O–H groups in total. The van der Waals surface area contributed by atoms with E-state index in [1.54, 1.807) is 0 Å². The SMILES string of the molecule is CC1C2C3C=CC(C3)C2C(C)(C)C1(C)C. The third-order valence-electron chi connectivity index (χ3n) is 6.73. The number of rotatable bonds is 0. The Kier molecular flexibility index (Phi) is 1.67. The van der Waals surface area contributed by atoms with Gasteiger partial charge in [0.15, 0.2) is 0 Å². The van der Waals surface area contributed by atoms with Crippen LogP contribution in [0.25, 0.3) is 0 Å². The van der Waals surface area contributed by atoms with Crippen molar-refractivity contribution < 1.29 is 0 Å². The Bertz CT molecular complexity index is 321. The molecule has 0 heteroatoms. The maximum Gasteiger partial charge on any atom is -0.0191 e. The van der Waals surface area contributed by atoms with Crippen molar-refractivity contribution in [2.24, 2.45) is 40.4 Å². The summed E-state index contributed by atoms with van der Waals surface area (Å²) in [6.45, 7) is 12.5. The monoisotopic (exact) mass is 204 g/mol. The molecule has 0 aromatic rings. The fraction of sp³-hybridized carbons (Fsp3) is 0.867. The van der Waals surface area contributed by atoms with Crippen LogP contribution in [0.1, 0.15) is 41.0 Å². The molecule has 0 nitrogen and oxygen atoms in total. The van der Waals surface area contributed by atoms with E-state index in [4.69, 9.17) is 0 Å². The van der Waals surface area contributed by atoms with Gasteiger partial charge in [-0.3, -0.25) is 0 Å². The first-order valence-electron chi connectivity index (χ1n) is 6.55. The molecule has 0 aliphatic heterocycles. The molecule has 2 fully saturated rings. The van der Waals surface area contributed by atoms with E-state index in [9.17, 15) is 0 Å². The predicted octanol–water partition coefficient (Wildman–Crippen LogP) is 4.13. The van der Waals surface area contributed by atoms with Gasteiger partial charge >= 0.3 is 0 Å². The van der Waals surface area contributed by atoms with E-state index in [0.717, 1.165) is 29.6 Å². The van der Waals surface area contributed by atoms with E-state index >= 15 is 0 Å². The zero-order valence-corrected chi connectivity index (χ0v) is 10.7. The van der Waals surface area contributed by atoms with E-state index < -0.39 is 0 Å². The molecule has 3 aliphatic carbocycles. The number of allylic oxidation sites excluding steroid dienone is 2. The summed E-state index contributed by atoms with van der Waals surface area (Å²) in [4.78, 5) is 0. The number of hydrogen-bond acceptors (Lipinski definition) is 0. The lowest BCUT2D eigenvalue weighted by atomic mass is 9.63. The second-order valence-corrected chi connectivity index (χ2v) is 7.28. The Morgan fingerprint density at radius 3 is 2.13 bits per heavy atom. The molecule has 0 amide bonds. The van der Waals surface area contributed by atoms with Crippen molar-refractivity contribution in [1.82, 2.24) is 0 Å². The van der Waals surface area contributed by atoms with Crippen LogP contribution in [0.15, 0.2) is 12.2 Å². The van der Waals surface area contributed by atoms with Crippen molar-refractivity contribution in [2.45, 2.75) is 41.0 Å². The van der Waals surface area contributed by atoms with Gasteiger partial charge in [0.1, 0.15) is 0 Å². The van der Waals surface area contributed by atoms with Gasteiger partial charge in [-0.1, -0.05) is 46.8 Å². The smallest absolute Gasteiger partial charge is 0.0191 e. The lowest BCUT2D eigenvalue weighted by Gasteiger charge is -2.42. The maximum atomic E-state index is 2.52. The molecular weight excluding hydrogens is 180 g/mol. The second-order valence-electron chi connectivity index (χ2n) is 7.28. The summed E-state index contributed by atoms with van der Waals surface area (Å²) in [5, 5.41) is 0. The predicted molar refractivity (Wildman–Crippen MR) is 64.4 cm³/mol. The molecule has 0 radical (unpaired) electrons. The summed E-state index contributed by atoms with van der Waals surface area (Å²) in [6.07, 6.45) is 6.49. The quantitative estimate of drug-likeness (QED) is 0.521. The standard InChI is InChI=1S/C15H24/c1-9-12-10-6-7-11(8-10)13(12)15(4,5)14(9,2)3/h6-7,9-13H,8H2,1-5H3. The van der Waals surface area contributed by atoms with Crippen LogP contribution in [-0.4, -0.2) is 0 Å². The van der Waals surface area contributed by atoms with E-state index in [1.807, 2.05) is 0 Å². The van der Waals surface area contributed by atoms with E-state index in [0.29, 0.717) is 10.8 Å². The Morgan fingerprint density at radius 2 is 1.53 bits per heavy atom. The van der Waals surface area contributed by atoms with Crippen LogP contribution in [0.3, 0.4) is 0 Å². The number of hydrogen-bond donors (Lipinski definition) is 0. The molecule has 5 unspecified atom stereocenters. The van der Waals surface area contributed by atoms with Crippen LogP contribution in [-0.2, 0) is 0 Å². The summed E-state index contributed by atoms with van der Waals surface area (Å²) < 4.78 is 0. The Labute approximate surface area is 94.1 Å². The highest BCUT2D eigenvalue weighted by molar-refractivity contribution is 5.22. The first-order chi connectivity index (χ1) is 6.87. The Balaban J connectivity index is 2.09. The van der Waals surface area contributed by atoms with E-state index in [1.165, 1.54) is 6.42 Å². The Morgan fingerprint density at radius 1 is 0.933 bits per heavy atom. The molecule has 5 atom stereocenters. The van der Waals surface area contributed by atoms with Crippen molar-refractivity contribution in [3.8, 4) is 0 Å². The van der Waals surface area contributed by atoms with Crippen molar-refractivity contribution in [3.05, 3.63) is 12.2 Å².